The fourth-order valence-corrected chi connectivity index (χ4v) is 3.26. The highest BCUT2D eigenvalue weighted by atomic mass is 127. The van der Waals surface area contributed by atoms with Gasteiger partial charge in [-0.2, -0.15) is 0 Å². The number of carbonyl (C=O) groups excluding carboxylic acids is 1. The molecule has 0 bridgehead atoms. The van der Waals surface area contributed by atoms with Crippen LogP contribution in [0.25, 0.3) is 0 Å². The molecule has 0 aliphatic heterocycles. The molecule has 5 nitrogen and oxygen atoms in total. The number of guanidine groups is 1. The molecule has 1 heterocycles. The predicted molar refractivity (Wildman–Crippen MR) is 124 cm³/mol. The Kier molecular flexibility index (Phi) is 11.5. The number of halogens is 2. The minimum atomic E-state index is -0.0808. The number of nitrogens with one attached hydrogen (secondary N) is 3. The summed E-state index contributed by atoms with van der Waals surface area (Å²) < 4.78 is 0.894. The Morgan fingerprint density at radius 2 is 1.96 bits per heavy atom. The van der Waals surface area contributed by atoms with E-state index in [1.807, 2.05) is 19.1 Å². The molecule has 26 heavy (non-hydrogen) atoms. The molecule has 1 aromatic heterocycles. The third-order valence-corrected chi connectivity index (χ3v) is 4.77. The molecule has 0 spiro atoms. The van der Waals surface area contributed by atoms with E-state index < -0.39 is 0 Å². The van der Waals surface area contributed by atoms with Gasteiger partial charge in [-0.05, 0) is 36.6 Å². The van der Waals surface area contributed by atoms with E-state index in [1.54, 1.807) is 23.5 Å². The minimum absolute atomic E-state index is 0. The lowest BCUT2D eigenvalue weighted by molar-refractivity contribution is 0.0954. The average molecular weight is 551 g/mol. The van der Waals surface area contributed by atoms with Crippen LogP contribution in [-0.2, 0) is 6.42 Å². The first-order chi connectivity index (χ1) is 12.2. The highest BCUT2D eigenvalue weighted by molar-refractivity contribution is 14.0. The number of nitrogens with zero attached hydrogens (tertiary/aromatic N) is 1. The molecule has 1 amide bonds. The first-order valence-corrected chi connectivity index (χ1v) is 9.94. The molecule has 142 valence electrons. The van der Waals surface area contributed by atoms with Crippen LogP contribution in [-0.4, -0.2) is 38.0 Å². The maximum atomic E-state index is 12.1. The molecular weight excluding hydrogens is 527 g/mol. The van der Waals surface area contributed by atoms with E-state index in [-0.39, 0.29) is 29.9 Å². The van der Waals surface area contributed by atoms with Gasteiger partial charge in [-0.3, -0.25) is 9.79 Å². The van der Waals surface area contributed by atoms with Crippen molar-refractivity contribution in [2.45, 2.75) is 13.3 Å². The van der Waals surface area contributed by atoms with Crippen molar-refractivity contribution in [3.05, 3.63) is 56.7 Å². The van der Waals surface area contributed by atoms with Crippen LogP contribution >= 0.6 is 51.2 Å². The van der Waals surface area contributed by atoms with Gasteiger partial charge in [0.2, 0.25) is 0 Å². The number of carbonyl (C=O) groups is 1. The molecule has 1 aromatic carbocycles. The zero-order valence-corrected chi connectivity index (χ0v) is 19.4. The van der Waals surface area contributed by atoms with Crippen LogP contribution in [0.5, 0.6) is 0 Å². The third-order valence-electron chi connectivity index (χ3n) is 3.34. The molecule has 0 radical (unpaired) electrons. The molecule has 0 aliphatic rings. The molecule has 8 heteroatoms. The largest absolute Gasteiger partial charge is 0.357 e. The summed E-state index contributed by atoms with van der Waals surface area (Å²) >= 11 is 5.12. The Morgan fingerprint density at radius 1 is 1.15 bits per heavy atom. The Hall–Kier alpha value is -1.13. The van der Waals surface area contributed by atoms with E-state index in [0.717, 1.165) is 29.9 Å². The van der Waals surface area contributed by atoms with Crippen LogP contribution in [0.4, 0.5) is 0 Å². The quantitative estimate of drug-likeness (QED) is 0.203. The highest BCUT2D eigenvalue weighted by Gasteiger charge is 2.05. The maximum Gasteiger partial charge on any atom is 0.251 e. The van der Waals surface area contributed by atoms with Gasteiger partial charge in [0.15, 0.2) is 5.96 Å². The Bertz CT molecular complexity index is 694. The van der Waals surface area contributed by atoms with Crippen LogP contribution in [0.15, 0.2) is 51.2 Å². The van der Waals surface area contributed by atoms with E-state index in [2.05, 4.69) is 54.4 Å². The number of aliphatic imine (C=N–C) groups is 1. The lowest BCUT2D eigenvalue weighted by Crippen LogP contribution is -2.41. The third kappa shape index (κ3) is 8.50. The van der Waals surface area contributed by atoms with E-state index in [0.29, 0.717) is 18.7 Å². The van der Waals surface area contributed by atoms with E-state index in [4.69, 9.17) is 0 Å². The van der Waals surface area contributed by atoms with Gasteiger partial charge in [0, 0.05) is 47.5 Å². The number of hydrogen-bond acceptors (Lipinski definition) is 3. The summed E-state index contributed by atoms with van der Waals surface area (Å²) in [5.74, 6) is 0.693. The summed E-state index contributed by atoms with van der Waals surface area (Å²) in [6.07, 6.45) is 0.938. The molecule has 0 unspecified atom stereocenters. The number of hydrogen-bond donors (Lipinski definition) is 3. The lowest BCUT2D eigenvalue weighted by Gasteiger charge is -2.12. The van der Waals surface area contributed by atoms with Crippen molar-refractivity contribution in [2.75, 3.05) is 26.2 Å². The smallest absolute Gasteiger partial charge is 0.251 e. The van der Waals surface area contributed by atoms with Gasteiger partial charge in [-0.15, -0.1) is 35.3 Å². The standard InChI is InChI=1S/C18H23BrN4OS.HI/c1-2-20-18(22-9-8-16-7-4-12-25-16)23-11-10-21-17(24)14-5-3-6-15(19)13-14;/h3-7,12-13H,2,8-11H2,1H3,(H,21,24)(H2,20,22,23);1H. The molecule has 2 rings (SSSR count). The molecule has 3 N–H and O–H groups in total. The molecule has 0 atom stereocenters. The van der Waals surface area contributed by atoms with Crippen molar-refractivity contribution in [3.8, 4) is 0 Å². The van der Waals surface area contributed by atoms with Gasteiger partial charge in [-0.1, -0.05) is 28.1 Å². The van der Waals surface area contributed by atoms with Crippen molar-refractivity contribution in [3.63, 3.8) is 0 Å². The normalized spacial score (nSPS) is 10.8. The average Bonchev–Trinajstić information content (AvgIpc) is 3.12. The van der Waals surface area contributed by atoms with Gasteiger partial charge >= 0.3 is 0 Å². The van der Waals surface area contributed by atoms with Crippen molar-refractivity contribution in [1.82, 2.24) is 16.0 Å². The number of thiophene rings is 1. The number of amides is 1. The number of rotatable bonds is 8. The van der Waals surface area contributed by atoms with Crippen LogP contribution in [0.2, 0.25) is 0 Å². The van der Waals surface area contributed by atoms with Crippen LogP contribution in [0, 0.1) is 0 Å². The second-order valence-corrected chi connectivity index (χ2v) is 7.23. The van der Waals surface area contributed by atoms with E-state index >= 15 is 0 Å². The van der Waals surface area contributed by atoms with Gasteiger partial charge < -0.3 is 16.0 Å². The monoisotopic (exact) mass is 550 g/mol. The van der Waals surface area contributed by atoms with Crippen molar-refractivity contribution in [1.29, 1.82) is 0 Å². The van der Waals surface area contributed by atoms with Crippen LogP contribution in [0.3, 0.4) is 0 Å². The summed E-state index contributed by atoms with van der Waals surface area (Å²) in [6.45, 7) is 4.71. The topological polar surface area (TPSA) is 65.5 Å². The second kappa shape index (κ2) is 13.1. The second-order valence-electron chi connectivity index (χ2n) is 5.28. The molecule has 0 fully saturated rings. The van der Waals surface area contributed by atoms with Crippen LogP contribution in [0.1, 0.15) is 22.2 Å². The first-order valence-electron chi connectivity index (χ1n) is 8.27. The van der Waals surface area contributed by atoms with E-state index in [9.17, 15) is 4.79 Å². The van der Waals surface area contributed by atoms with Crippen LogP contribution < -0.4 is 16.0 Å². The van der Waals surface area contributed by atoms with E-state index in [1.165, 1.54) is 4.88 Å². The summed E-state index contributed by atoms with van der Waals surface area (Å²) in [7, 11) is 0. The SMILES string of the molecule is CCNC(=NCCc1cccs1)NCCNC(=O)c1cccc(Br)c1.I. The summed E-state index contributed by atoms with van der Waals surface area (Å²) in [6, 6.07) is 11.5. The van der Waals surface area contributed by atoms with Crippen molar-refractivity contribution in [2.24, 2.45) is 4.99 Å². The molecule has 2 aromatic rings. The van der Waals surface area contributed by atoms with Gasteiger partial charge in [-0.25, -0.2) is 0 Å². The predicted octanol–water partition coefficient (Wildman–Crippen LogP) is 3.66. The van der Waals surface area contributed by atoms with Gasteiger partial charge in [0.05, 0.1) is 0 Å². The van der Waals surface area contributed by atoms with Crippen molar-refractivity contribution >= 4 is 63.1 Å². The summed E-state index contributed by atoms with van der Waals surface area (Å²) in [5.41, 5.74) is 0.644. The molecule has 0 saturated heterocycles. The van der Waals surface area contributed by atoms with Gasteiger partial charge in [0.1, 0.15) is 0 Å². The van der Waals surface area contributed by atoms with Gasteiger partial charge in [0.25, 0.3) is 5.91 Å². The summed E-state index contributed by atoms with van der Waals surface area (Å²) in [4.78, 5) is 18.0. The number of benzene rings is 1. The van der Waals surface area contributed by atoms with Crippen molar-refractivity contribution < 1.29 is 4.79 Å². The lowest BCUT2D eigenvalue weighted by atomic mass is 10.2. The minimum Gasteiger partial charge on any atom is -0.357 e. The zero-order valence-electron chi connectivity index (χ0n) is 14.6. The maximum absolute atomic E-state index is 12.1. The summed E-state index contributed by atoms with van der Waals surface area (Å²) in [5, 5.41) is 11.4. The first kappa shape index (κ1) is 22.9. The Morgan fingerprint density at radius 3 is 2.65 bits per heavy atom. The fraction of sp³-hybridized carbons (Fsp3) is 0.333. The molecule has 0 saturated carbocycles. The fourth-order valence-electron chi connectivity index (χ4n) is 2.16. The molecule has 0 aliphatic carbocycles. The highest BCUT2D eigenvalue weighted by Crippen LogP contribution is 2.11. The Balaban J connectivity index is 0.00000338. The Labute approximate surface area is 184 Å². The zero-order chi connectivity index (χ0) is 17.9. The molecular formula is C18H24BrIN4OS.